The summed E-state index contributed by atoms with van der Waals surface area (Å²) in [7, 11) is 0. The number of nitrogens with zero attached hydrogens (tertiary/aromatic N) is 1. The van der Waals surface area contributed by atoms with E-state index in [0.717, 1.165) is 19.6 Å². The van der Waals surface area contributed by atoms with Crippen LogP contribution in [0.3, 0.4) is 0 Å². The maximum Gasteiger partial charge on any atom is 0.0164 e. The van der Waals surface area contributed by atoms with E-state index < -0.39 is 0 Å². The van der Waals surface area contributed by atoms with Crippen molar-refractivity contribution in [1.82, 2.24) is 4.90 Å². The monoisotopic (exact) mass is 175 g/mol. The highest BCUT2D eigenvalue weighted by molar-refractivity contribution is 5.18. The molecule has 1 heteroatoms. The van der Waals surface area contributed by atoms with E-state index in [2.05, 4.69) is 42.4 Å². The molecule has 1 rings (SSSR count). The van der Waals surface area contributed by atoms with Crippen molar-refractivity contribution in [2.75, 3.05) is 19.6 Å². The molecule has 0 amide bonds. The third-order valence-corrected chi connectivity index (χ3v) is 2.07. The van der Waals surface area contributed by atoms with Gasteiger partial charge in [0.05, 0.1) is 0 Å². The molecule has 0 aliphatic heterocycles. The lowest BCUT2D eigenvalue weighted by atomic mass is 10.1. The molecule has 0 spiro atoms. The Bertz CT molecular complexity index is 203. The smallest absolute Gasteiger partial charge is 0.0164 e. The van der Waals surface area contributed by atoms with Crippen LogP contribution >= 0.6 is 0 Å². The van der Waals surface area contributed by atoms with Crippen molar-refractivity contribution < 1.29 is 0 Å². The normalized spacial score (nSPS) is 15.5. The number of hydrogen-bond acceptors (Lipinski definition) is 1. The second kappa shape index (κ2) is 5.55. The summed E-state index contributed by atoms with van der Waals surface area (Å²) in [6, 6.07) is 0. The predicted molar refractivity (Wildman–Crippen MR) is 58.6 cm³/mol. The lowest BCUT2D eigenvalue weighted by molar-refractivity contribution is 0.319. The maximum atomic E-state index is 3.75. The third-order valence-electron chi connectivity index (χ3n) is 2.07. The summed E-state index contributed by atoms with van der Waals surface area (Å²) in [5.74, 6) is 0.569. The Morgan fingerprint density at radius 2 is 1.62 bits per heavy atom. The molecule has 0 N–H and O–H groups in total. The zero-order chi connectivity index (χ0) is 9.52. The van der Waals surface area contributed by atoms with Crippen LogP contribution < -0.4 is 0 Å². The summed E-state index contributed by atoms with van der Waals surface area (Å²) in [5.41, 5.74) is 0. The minimum Gasteiger partial charge on any atom is -0.295 e. The minimum absolute atomic E-state index is 0.569. The Labute approximate surface area is 80.7 Å². The summed E-state index contributed by atoms with van der Waals surface area (Å²) in [4.78, 5) is 2.32. The molecule has 1 aliphatic rings. The molecule has 0 radical (unpaired) electrons. The highest BCUT2D eigenvalue weighted by Crippen LogP contribution is 2.10. The summed E-state index contributed by atoms with van der Waals surface area (Å²) in [5, 5.41) is 0. The van der Waals surface area contributed by atoms with Gasteiger partial charge in [-0.2, -0.15) is 0 Å². The molecule has 1 aliphatic carbocycles. The van der Waals surface area contributed by atoms with E-state index >= 15 is 0 Å². The first-order valence-electron chi connectivity index (χ1n) is 4.66. The highest BCUT2D eigenvalue weighted by Gasteiger charge is 2.08. The molecule has 0 atom stereocenters. The maximum absolute atomic E-state index is 3.75. The van der Waals surface area contributed by atoms with E-state index in [0.29, 0.717) is 5.92 Å². The van der Waals surface area contributed by atoms with Crippen molar-refractivity contribution >= 4 is 0 Å². The SMILES string of the molecule is C=CCN(CC=C)CC1C=CC=C1. The Morgan fingerprint density at radius 1 is 1.08 bits per heavy atom. The van der Waals surface area contributed by atoms with E-state index in [1.165, 1.54) is 0 Å². The predicted octanol–water partition coefficient (Wildman–Crippen LogP) is 2.40. The average molecular weight is 175 g/mol. The van der Waals surface area contributed by atoms with Crippen LogP contribution in [0.1, 0.15) is 0 Å². The number of allylic oxidation sites excluding steroid dienone is 2. The first-order valence-corrected chi connectivity index (χ1v) is 4.66. The van der Waals surface area contributed by atoms with Gasteiger partial charge in [0.15, 0.2) is 0 Å². The molecule has 0 bridgehead atoms. The Balaban J connectivity index is 2.36. The van der Waals surface area contributed by atoms with Gasteiger partial charge >= 0.3 is 0 Å². The van der Waals surface area contributed by atoms with E-state index in [4.69, 9.17) is 0 Å². The quantitative estimate of drug-likeness (QED) is 0.560. The van der Waals surface area contributed by atoms with E-state index in [1.54, 1.807) is 0 Å². The van der Waals surface area contributed by atoms with Gasteiger partial charge in [-0.15, -0.1) is 13.2 Å². The van der Waals surface area contributed by atoms with Crippen LogP contribution in [0, 0.1) is 5.92 Å². The summed E-state index contributed by atoms with van der Waals surface area (Å²) in [6.45, 7) is 10.4. The molecule has 0 aromatic heterocycles. The van der Waals surface area contributed by atoms with E-state index in [-0.39, 0.29) is 0 Å². The fourth-order valence-electron chi connectivity index (χ4n) is 1.49. The fraction of sp³-hybridized carbons (Fsp3) is 0.333. The Morgan fingerprint density at radius 3 is 2.08 bits per heavy atom. The third kappa shape index (κ3) is 3.43. The molecular weight excluding hydrogens is 158 g/mol. The molecular formula is C12H17N. The van der Waals surface area contributed by atoms with Gasteiger partial charge in [-0.3, -0.25) is 4.90 Å². The Hall–Kier alpha value is -1.08. The molecule has 1 nitrogen and oxygen atoms in total. The topological polar surface area (TPSA) is 3.24 Å². The van der Waals surface area contributed by atoms with Gasteiger partial charge in [-0.1, -0.05) is 36.5 Å². The van der Waals surface area contributed by atoms with Crippen LogP contribution in [-0.2, 0) is 0 Å². The second-order valence-electron chi connectivity index (χ2n) is 3.23. The second-order valence-corrected chi connectivity index (χ2v) is 3.23. The van der Waals surface area contributed by atoms with Crippen LogP contribution in [0.25, 0.3) is 0 Å². The summed E-state index contributed by atoms with van der Waals surface area (Å²) < 4.78 is 0. The van der Waals surface area contributed by atoms with Crippen LogP contribution in [0.5, 0.6) is 0 Å². The van der Waals surface area contributed by atoms with Crippen molar-refractivity contribution in [1.29, 1.82) is 0 Å². The molecule has 0 heterocycles. The van der Waals surface area contributed by atoms with Crippen LogP contribution in [0.4, 0.5) is 0 Å². The summed E-state index contributed by atoms with van der Waals surface area (Å²) in [6.07, 6.45) is 12.5. The zero-order valence-electron chi connectivity index (χ0n) is 8.02. The van der Waals surface area contributed by atoms with Gasteiger partial charge in [0.25, 0.3) is 0 Å². The van der Waals surface area contributed by atoms with E-state index in [1.807, 2.05) is 12.2 Å². The molecule has 0 saturated heterocycles. The van der Waals surface area contributed by atoms with E-state index in [9.17, 15) is 0 Å². The molecule has 0 fully saturated rings. The molecule has 0 unspecified atom stereocenters. The van der Waals surface area contributed by atoms with Crippen molar-refractivity contribution in [2.45, 2.75) is 0 Å². The molecule has 0 saturated carbocycles. The average Bonchev–Trinajstić information content (AvgIpc) is 2.58. The minimum atomic E-state index is 0.569. The molecule has 13 heavy (non-hydrogen) atoms. The molecule has 0 aromatic carbocycles. The Kier molecular flexibility index (Phi) is 4.27. The number of hydrogen-bond donors (Lipinski definition) is 0. The van der Waals surface area contributed by atoms with Crippen LogP contribution in [0.15, 0.2) is 49.6 Å². The van der Waals surface area contributed by atoms with Crippen LogP contribution in [-0.4, -0.2) is 24.5 Å². The van der Waals surface area contributed by atoms with Gasteiger partial charge in [-0.05, 0) is 0 Å². The van der Waals surface area contributed by atoms with Crippen molar-refractivity contribution in [3.8, 4) is 0 Å². The van der Waals surface area contributed by atoms with Crippen LogP contribution in [0.2, 0.25) is 0 Å². The van der Waals surface area contributed by atoms with Crippen molar-refractivity contribution in [3.05, 3.63) is 49.6 Å². The first kappa shape index (κ1) is 10.0. The zero-order valence-corrected chi connectivity index (χ0v) is 8.02. The first-order chi connectivity index (χ1) is 6.36. The largest absolute Gasteiger partial charge is 0.295 e. The fourth-order valence-corrected chi connectivity index (χ4v) is 1.49. The van der Waals surface area contributed by atoms with Gasteiger partial charge in [0.2, 0.25) is 0 Å². The lowest BCUT2D eigenvalue weighted by Gasteiger charge is -2.20. The van der Waals surface area contributed by atoms with Gasteiger partial charge in [-0.25, -0.2) is 0 Å². The molecule has 0 aromatic rings. The van der Waals surface area contributed by atoms with Gasteiger partial charge in [0, 0.05) is 25.6 Å². The van der Waals surface area contributed by atoms with Gasteiger partial charge in [0.1, 0.15) is 0 Å². The highest BCUT2D eigenvalue weighted by atomic mass is 15.1. The molecule has 70 valence electrons. The van der Waals surface area contributed by atoms with Crippen molar-refractivity contribution in [3.63, 3.8) is 0 Å². The van der Waals surface area contributed by atoms with Gasteiger partial charge < -0.3 is 0 Å². The summed E-state index contributed by atoms with van der Waals surface area (Å²) >= 11 is 0. The standard InChI is InChI=1S/C12H17N/c1-3-9-13(10-4-2)11-12-7-5-6-8-12/h3-8,12H,1-2,9-11H2. The lowest BCUT2D eigenvalue weighted by Crippen LogP contribution is -2.28. The number of rotatable bonds is 6. The van der Waals surface area contributed by atoms with Crippen molar-refractivity contribution in [2.24, 2.45) is 5.92 Å².